The van der Waals surface area contributed by atoms with Gasteiger partial charge in [0.1, 0.15) is 5.82 Å². The zero-order valence-corrected chi connectivity index (χ0v) is 18.7. The summed E-state index contributed by atoms with van der Waals surface area (Å²) in [5.41, 5.74) is 1.94. The summed E-state index contributed by atoms with van der Waals surface area (Å²) >= 11 is 3.12. The van der Waals surface area contributed by atoms with Crippen molar-refractivity contribution in [2.75, 3.05) is 36.5 Å². The predicted octanol–water partition coefficient (Wildman–Crippen LogP) is 3.42. The SMILES string of the molecule is C[C@H](Sc1nnc(Cc2cccs2)n1C)C(=O)Nc1ccc(N2CCOCC2)cc1. The van der Waals surface area contributed by atoms with E-state index in [0.717, 1.165) is 55.1 Å². The number of thiophene rings is 1. The molecule has 7 nitrogen and oxygen atoms in total. The van der Waals surface area contributed by atoms with Crippen molar-refractivity contribution < 1.29 is 9.53 Å². The van der Waals surface area contributed by atoms with Gasteiger partial charge in [0.05, 0.1) is 18.5 Å². The summed E-state index contributed by atoms with van der Waals surface area (Å²) in [4.78, 5) is 16.2. The molecule has 3 aromatic rings. The molecule has 0 saturated carbocycles. The fourth-order valence-electron chi connectivity index (χ4n) is 3.20. The number of anilines is 2. The lowest BCUT2D eigenvalue weighted by Gasteiger charge is -2.28. The van der Waals surface area contributed by atoms with Crippen molar-refractivity contribution in [2.45, 2.75) is 23.8 Å². The Morgan fingerprint density at radius 2 is 2.00 bits per heavy atom. The van der Waals surface area contributed by atoms with Crippen LogP contribution in [0.4, 0.5) is 11.4 Å². The van der Waals surface area contributed by atoms with Crippen molar-refractivity contribution in [3.05, 3.63) is 52.5 Å². The summed E-state index contributed by atoms with van der Waals surface area (Å²) in [6.07, 6.45) is 0.748. The average Bonchev–Trinajstić information content (AvgIpc) is 3.40. The Balaban J connectivity index is 1.33. The third-order valence-corrected chi connectivity index (χ3v) is 7.01. The first-order valence-electron chi connectivity index (χ1n) is 9.91. The van der Waals surface area contributed by atoms with E-state index in [-0.39, 0.29) is 11.2 Å². The number of rotatable bonds is 7. The predicted molar refractivity (Wildman–Crippen MR) is 122 cm³/mol. The molecule has 1 N–H and O–H groups in total. The molecular formula is C21H25N5O2S2. The second-order valence-corrected chi connectivity index (χ2v) is 9.45. The minimum Gasteiger partial charge on any atom is -0.378 e. The summed E-state index contributed by atoms with van der Waals surface area (Å²) < 4.78 is 7.36. The van der Waals surface area contributed by atoms with Crippen LogP contribution in [0.1, 0.15) is 17.6 Å². The van der Waals surface area contributed by atoms with E-state index < -0.39 is 0 Å². The van der Waals surface area contributed by atoms with Gasteiger partial charge in [-0.1, -0.05) is 17.8 Å². The maximum atomic E-state index is 12.7. The van der Waals surface area contributed by atoms with Gasteiger partial charge >= 0.3 is 0 Å². The molecule has 158 valence electrons. The number of aromatic nitrogens is 3. The lowest BCUT2D eigenvalue weighted by molar-refractivity contribution is -0.115. The van der Waals surface area contributed by atoms with E-state index in [1.54, 1.807) is 11.3 Å². The topological polar surface area (TPSA) is 72.3 Å². The Labute approximate surface area is 184 Å². The van der Waals surface area contributed by atoms with Crippen molar-refractivity contribution in [3.63, 3.8) is 0 Å². The van der Waals surface area contributed by atoms with Crippen molar-refractivity contribution in [1.29, 1.82) is 0 Å². The fourth-order valence-corrected chi connectivity index (χ4v) is 4.74. The molecule has 4 rings (SSSR count). The fraction of sp³-hybridized carbons (Fsp3) is 0.381. The number of benzene rings is 1. The number of thioether (sulfide) groups is 1. The van der Waals surface area contributed by atoms with Crippen LogP contribution in [-0.4, -0.2) is 52.2 Å². The Hall–Kier alpha value is -2.36. The number of carbonyl (C=O) groups excluding carboxylic acids is 1. The highest BCUT2D eigenvalue weighted by Gasteiger charge is 2.19. The molecule has 0 bridgehead atoms. The standard InChI is InChI=1S/C21H25N5O2S2/c1-15(30-21-24-23-19(25(21)2)14-18-4-3-13-29-18)20(27)22-16-5-7-17(8-6-16)26-9-11-28-12-10-26/h3-8,13,15H,9-12,14H2,1-2H3,(H,22,27)/t15-/m0/s1. The van der Waals surface area contributed by atoms with Crippen molar-refractivity contribution in [2.24, 2.45) is 7.05 Å². The molecule has 1 atom stereocenters. The van der Waals surface area contributed by atoms with E-state index in [2.05, 4.69) is 31.9 Å². The largest absolute Gasteiger partial charge is 0.378 e. The first-order valence-corrected chi connectivity index (χ1v) is 11.7. The molecule has 30 heavy (non-hydrogen) atoms. The van der Waals surface area contributed by atoms with Gasteiger partial charge in [-0.3, -0.25) is 4.79 Å². The highest BCUT2D eigenvalue weighted by Crippen LogP contribution is 2.25. The molecular weight excluding hydrogens is 418 g/mol. The molecule has 1 fully saturated rings. The lowest BCUT2D eigenvalue weighted by atomic mass is 10.2. The van der Waals surface area contributed by atoms with Crippen LogP contribution >= 0.6 is 23.1 Å². The van der Waals surface area contributed by atoms with Gasteiger partial charge in [0.2, 0.25) is 5.91 Å². The van der Waals surface area contributed by atoms with Gasteiger partial charge < -0.3 is 19.5 Å². The highest BCUT2D eigenvalue weighted by atomic mass is 32.2. The number of ether oxygens (including phenoxy) is 1. The number of carbonyl (C=O) groups is 1. The minimum absolute atomic E-state index is 0.0538. The number of morpholine rings is 1. The van der Waals surface area contributed by atoms with E-state index in [1.807, 2.05) is 48.9 Å². The molecule has 2 aromatic heterocycles. The summed E-state index contributed by atoms with van der Waals surface area (Å²) in [7, 11) is 1.94. The summed E-state index contributed by atoms with van der Waals surface area (Å²) in [6.45, 7) is 5.18. The van der Waals surface area contributed by atoms with Crippen LogP contribution < -0.4 is 10.2 Å². The van der Waals surface area contributed by atoms with Gasteiger partial charge in [-0.05, 0) is 42.6 Å². The zero-order valence-electron chi connectivity index (χ0n) is 17.1. The summed E-state index contributed by atoms with van der Waals surface area (Å²) in [6, 6.07) is 12.1. The van der Waals surface area contributed by atoms with Crippen molar-refractivity contribution in [1.82, 2.24) is 14.8 Å². The zero-order chi connectivity index (χ0) is 20.9. The Kier molecular flexibility index (Phi) is 6.71. The molecule has 1 aliphatic heterocycles. The van der Waals surface area contributed by atoms with Gasteiger partial charge in [0.25, 0.3) is 0 Å². The maximum Gasteiger partial charge on any atom is 0.237 e. The quantitative estimate of drug-likeness (QED) is 0.564. The molecule has 0 spiro atoms. The van der Waals surface area contributed by atoms with E-state index >= 15 is 0 Å². The van der Waals surface area contributed by atoms with Gasteiger partial charge in [0.15, 0.2) is 5.16 Å². The smallest absolute Gasteiger partial charge is 0.237 e. The lowest BCUT2D eigenvalue weighted by Crippen LogP contribution is -2.36. The molecule has 1 amide bonds. The normalized spacial score (nSPS) is 15.2. The average molecular weight is 444 g/mol. The van der Waals surface area contributed by atoms with E-state index in [9.17, 15) is 4.79 Å². The number of nitrogens with zero attached hydrogens (tertiary/aromatic N) is 4. The number of hydrogen-bond donors (Lipinski definition) is 1. The van der Waals surface area contributed by atoms with E-state index in [0.29, 0.717) is 0 Å². The van der Waals surface area contributed by atoms with Crippen LogP contribution in [-0.2, 0) is 23.0 Å². The van der Waals surface area contributed by atoms with Gasteiger partial charge in [-0.2, -0.15) is 0 Å². The van der Waals surface area contributed by atoms with Crippen LogP contribution in [0.5, 0.6) is 0 Å². The maximum absolute atomic E-state index is 12.7. The first kappa shape index (κ1) is 20.9. The summed E-state index contributed by atoms with van der Waals surface area (Å²) in [5.74, 6) is 0.841. The molecule has 1 saturated heterocycles. The molecule has 3 heterocycles. The van der Waals surface area contributed by atoms with Gasteiger partial charge in [-0.15, -0.1) is 21.5 Å². The third kappa shape index (κ3) is 5.03. The molecule has 1 aliphatic rings. The number of hydrogen-bond acceptors (Lipinski definition) is 7. The Bertz CT molecular complexity index is 966. The van der Waals surface area contributed by atoms with Gasteiger partial charge in [0, 0.05) is 42.8 Å². The Morgan fingerprint density at radius 3 is 2.70 bits per heavy atom. The number of amides is 1. The van der Waals surface area contributed by atoms with Crippen LogP contribution in [0.25, 0.3) is 0 Å². The molecule has 0 aliphatic carbocycles. The third-order valence-electron chi connectivity index (χ3n) is 5.00. The van der Waals surface area contributed by atoms with Crippen LogP contribution in [0.15, 0.2) is 46.9 Å². The van der Waals surface area contributed by atoms with E-state index in [1.165, 1.54) is 16.6 Å². The van der Waals surface area contributed by atoms with Crippen LogP contribution in [0.3, 0.4) is 0 Å². The molecule has 9 heteroatoms. The van der Waals surface area contributed by atoms with E-state index in [4.69, 9.17) is 4.74 Å². The molecule has 0 radical (unpaired) electrons. The minimum atomic E-state index is -0.290. The van der Waals surface area contributed by atoms with Gasteiger partial charge in [-0.25, -0.2) is 0 Å². The first-order chi connectivity index (χ1) is 14.6. The van der Waals surface area contributed by atoms with Crippen molar-refractivity contribution in [3.8, 4) is 0 Å². The molecule has 1 aromatic carbocycles. The monoisotopic (exact) mass is 443 g/mol. The number of nitrogens with one attached hydrogen (secondary N) is 1. The molecule has 0 unspecified atom stereocenters. The second-order valence-electron chi connectivity index (χ2n) is 7.11. The van der Waals surface area contributed by atoms with Crippen LogP contribution in [0.2, 0.25) is 0 Å². The summed E-state index contributed by atoms with van der Waals surface area (Å²) in [5, 5.41) is 14.1. The van der Waals surface area contributed by atoms with Crippen LogP contribution in [0, 0.1) is 0 Å². The highest BCUT2D eigenvalue weighted by molar-refractivity contribution is 8.00. The Morgan fingerprint density at radius 1 is 1.23 bits per heavy atom. The van der Waals surface area contributed by atoms with Crippen molar-refractivity contribution >= 4 is 40.4 Å². The second kappa shape index (κ2) is 9.63.